The molecule has 66 valence electrons. The molecule has 0 N–H and O–H groups in total. The average molecular weight is 240 g/mol. The van der Waals surface area contributed by atoms with Crippen molar-refractivity contribution in [1.29, 1.82) is 0 Å². The predicted octanol–water partition coefficient (Wildman–Crippen LogP) is 1.52. The second kappa shape index (κ2) is 2.96. The molecule has 0 aliphatic carbocycles. The zero-order valence-electron chi connectivity index (χ0n) is 6.66. The topological polar surface area (TPSA) is 37.4 Å². The fourth-order valence-corrected chi connectivity index (χ4v) is 1.65. The minimum atomic E-state index is -0.285. The molecule has 4 heteroatoms. The largest absolute Gasteiger partial charge is 0.273 e. The number of hydrogen-bond donors (Lipinski definition) is 0. The Bertz CT molecular complexity index is 389. The van der Waals surface area contributed by atoms with E-state index in [0.29, 0.717) is 5.56 Å². The van der Waals surface area contributed by atoms with Gasteiger partial charge in [-0.05, 0) is 11.6 Å². The molecular formula is C9H6BrNO2. The van der Waals surface area contributed by atoms with Gasteiger partial charge in [0.15, 0.2) is 0 Å². The Hall–Kier alpha value is -1.16. The second-order valence-corrected chi connectivity index (χ2v) is 3.52. The second-order valence-electron chi connectivity index (χ2n) is 2.81. The van der Waals surface area contributed by atoms with Crippen LogP contribution in [-0.4, -0.2) is 15.7 Å². The van der Waals surface area contributed by atoms with Crippen molar-refractivity contribution in [3.63, 3.8) is 0 Å². The summed E-state index contributed by atoms with van der Waals surface area (Å²) >= 11 is 2.92. The summed E-state index contributed by atoms with van der Waals surface area (Å²) in [5, 5.41) is 0. The molecule has 1 aliphatic heterocycles. The molecule has 1 aliphatic rings. The van der Waals surface area contributed by atoms with Crippen LogP contribution in [0.25, 0.3) is 0 Å². The van der Waals surface area contributed by atoms with Crippen molar-refractivity contribution in [2.45, 2.75) is 6.42 Å². The molecule has 0 bridgehead atoms. The Morgan fingerprint density at radius 1 is 1.23 bits per heavy atom. The minimum Gasteiger partial charge on any atom is -0.273 e. The van der Waals surface area contributed by atoms with Crippen LogP contribution < -0.4 is 0 Å². The van der Waals surface area contributed by atoms with Gasteiger partial charge < -0.3 is 0 Å². The molecule has 0 spiro atoms. The molecule has 2 rings (SSSR count). The first kappa shape index (κ1) is 8.44. The van der Waals surface area contributed by atoms with Gasteiger partial charge >= 0.3 is 0 Å². The van der Waals surface area contributed by atoms with Crippen LogP contribution in [0.4, 0.5) is 0 Å². The highest BCUT2D eigenvalue weighted by atomic mass is 79.9. The molecule has 13 heavy (non-hydrogen) atoms. The third kappa shape index (κ3) is 1.27. The highest BCUT2D eigenvalue weighted by molar-refractivity contribution is 9.08. The van der Waals surface area contributed by atoms with Gasteiger partial charge in [0.25, 0.3) is 5.91 Å². The highest BCUT2D eigenvalue weighted by Crippen LogP contribution is 2.21. The van der Waals surface area contributed by atoms with Crippen LogP contribution in [0.5, 0.6) is 0 Å². The Kier molecular flexibility index (Phi) is 1.92. The molecule has 0 saturated carbocycles. The molecule has 0 atom stereocenters. The SMILES string of the molecule is O=C1Cc2ccccc2C(=O)N1Br. The molecule has 1 aromatic carbocycles. The van der Waals surface area contributed by atoms with Crippen LogP contribution in [0.3, 0.4) is 0 Å². The van der Waals surface area contributed by atoms with Crippen LogP contribution in [-0.2, 0) is 11.2 Å². The van der Waals surface area contributed by atoms with Crippen molar-refractivity contribution in [3.05, 3.63) is 35.4 Å². The molecule has 0 aromatic heterocycles. The molecule has 2 amide bonds. The van der Waals surface area contributed by atoms with E-state index in [9.17, 15) is 9.59 Å². The van der Waals surface area contributed by atoms with Gasteiger partial charge in [-0.15, -0.1) is 0 Å². The summed E-state index contributed by atoms with van der Waals surface area (Å²) in [6.07, 6.45) is 0.285. The number of nitrogens with zero attached hydrogens (tertiary/aromatic N) is 1. The Labute approximate surface area is 83.7 Å². The standard InChI is InChI=1S/C9H6BrNO2/c10-11-8(12)5-6-3-1-2-4-7(6)9(11)13/h1-4H,5H2. The zero-order valence-corrected chi connectivity index (χ0v) is 8.24. The Morgan fingerprint density at radius 3 is 2.69 bits per heavy atom. The number of fused-ring (bicyclic) bond motifs is 1. The van der Waals surface area contributed by atoms with Gasteiger partial charge in [-0.25, -0.2) is 3.93 Å². The summed E-state index contributed by atoms with van der Waals surface area (Å²) in [6.45, 7) is 0. The molecule has 1 aromatic rings. The van der Waals surface area contributed by atoms with Crippen LogP contribution in [0.2, 0.25) is 0 Å². The first-order valence-electron chi connectivity index (χ1n) is 3.81. The fraction of sp³-hybridized carbons (Fsp3) is 0.111. The monoisotopic (exact) mass is 239 g/mol. The predicted molar refractivity (Wildman–Crippen MR) is 50.2 cm³/mol. The lowest BCUT2D eigenvalue weighted by Gasteiger charge is -2.20. The average Bonchev–Trinajstić information content (AvgIpc) is 2.15. The van der Waals surface area contributed by atoms with Crippen molar-refractivity contribution in [2.75, 3.05) is 0 Å². The number of carbonyl (C=O) groups is 2. The third-order valence-corrected chi connectivity index (χ3v) is 2.70. The van der Waals surface area contributed by atoms with E-state index in [1.807, 2.05) is 6.07 Å². The molecule has 0 unspecified atom stereocenters. The van der Waals surface area contributed by atoms with Crippen molar-refractivity contribution in [1.82, 2.24) is 3.93 Å². The number of amides is 2. The fourth-order valence-electron chi connectivity index (χ4n) is 1.33. The van der Waals surface area contributed by atoms with E-state index in [-0.39, 0.29) is 18.2 Å². The van der Waals surface area contributed by atoms with E-state index >= 15 is 0 Å². The van der Waals surface area contributed by atoms with E-state index < -0.39 is 0 Å². The van der Waals surface area contributed by atoms with Crippen molar-refractivity contribution >= 4 is 28.0 Å². The summed E-state index contributed by atoms with van der Waals surface area (Å²) < 4.78 is 0.981. The molecule has 0 saturated heterocycles. The van der Waals surface area contributed by atoms with E-state index in [0.717, 1.165) is 9.49 Å². The number of rotatable bonds is 0. The lowest BCUT2D eigenvalue weighted by Crippen LogP contribution is -2.34. The Morgan fingerprint density at radius 2 is 1.92 bits per heavy atom. The van der Waals surface area contributed by atoms with E-state index in [4.69, 9.17) is 0 Å². The van der Waals surface area contributed by atoms with E-state index in [2.05, 4.69) is 16.1 Å². The van der Waals surface area contributed by atoms with E-state index in [1.165, 1.54) is 0 Å². The minimum absolute atomic E-state index is 0.219. The smallest absolute Gasteiger partial charge is 0.270 e. The van der Waals surface area contributed by atoms with Gasteiger partial charge in [-0.3, -0.25) is 9.59 Å². The number of halogens is 1. The molecular weight excluding hydrogens is 234 g/mol. The van der Waals surface area contributed by atoms with Gasteiger partial charge in [0, 0.05) is 5.56 Å². The summed E-state index contributed by atoms with van der Waals surface area (Å²) in [5.74, 6) is -0.504. The third-order valence-electron chi connectivity index (χ3n) is 1.99. The van der Waals surface area contributed by atoms with Crippen molar-refractivity contribution < 1.29 is 9.59 Å². The van der Waals surface area contributed by atoms with Crippen molar-refractivity contribution in [3.8, 4) is 0 Å². The first-order valence-corrected chi connectivity index (χ1v) is 4.52. The number of hydrogen-bond acceptors (Lipinski definition) is 2. The van der Waals surface area contributed by atoms with Gasteiger partial charge in [0.2, 0.25) is 5.91 Å². The highest BCUT2D eigenvalue weighted by Gasteiger charge is 2.28. The lowest BCUT2D eigenvalue weighted by molar-refractivity contribution is -0.123. The maximum Gasteiger partial charge on any atom is 0.270 e. The van der Waals surface area contributed by atoms with Gasteiger partial charge in [-0.1, -0.05) is 18.2 Å². The maximum absolute atomic E-state index is 11.5. The quantitative estimate of drug-likeness (QED) is 0.509. The number of carbonyl (C=O) groups excluding carboxylic acids is 2. The maximum atomic E-state index is 11.5. The molecule has 1 heterocycles. The Balaban J connectivity index is 2.55. The van der Waals surface area contributed by atoms with E-state index in [1.54, 1.807) is 18.2 Å². The van der Waals surface area contributed by atoms with Crippen LogP contribution in [0.1, 0.15) is 15.9 Å². The normalized spacial score (nSPS) is 15.9. The molecule has 3 nitrogen and oxygen atoms in total. The summed E-state index contributed by atoms with van der Waals surface area (Å²) in [7, 11) is 0. The summed E-state index contributed by atoms with van der Waals surface area (Å²) in [5.41, 5.74) is 1.40. The lowest BCUT2D eigenvalue weighted by atomic mass is 10.0. The van der Waals surface area contributed by atoms with Gasteiger partial charge in [-0.2, -0.15) is 0 Å². The van der Waals surface area contributed by atoms with Crippen LogP contribution in [0, 0.1) is 0 Å². The van der Waals surface area contributed by atoms with Crippen molar-refractivity contribution in [2.24, 2.45) is 0 Å². The number of benzene rings is 1. The van der Waals surface area contributed by atoms with Crippen LogP contribution in [0.15, 0.2) is 24.3 Å². The summed E-state index contributed by atoms with van der Waals surface area (Å²) in [6, 6.07) is 7.13. The van der Waals surface area contributed by atoms with Gasteiger partial charge in [0.1, 0.15) is 0 Å². The van der Waals surface area contributed by atoms with Gasteiger partial charge in [0.05, 0.1) is 22.6 Å². The summed E-state index contributed by atoms with van der Waals surface area (Å²) in [4.78, 5) is 22.7. The zero-order chi connectivity index (χ0) is 9.42. The molecule has 0 fully saturated rings. The first-order chi connectivity index (χ1) is 6.20. The molecule has 0 radical (unpaired) electrons. The number of imide groups is 1. The van der Waals surface area contributed by atoms with Crippen LogP contribution >= 0.6 is 16.1 Å².